The predicted octanol–water partition coefficient (Wildman–Crippen LogP) is 1.77. The summed E-state index contributed by atoms with van der Waals surface area (Å²) >= 11 is 0. The van der Waals surface area contributed by atoms with E-state index in [0.717, 1.165) is 38.3 Å². The number of carbonyl (C=O) groups excluding carboxylic acids is 1. The fourth-order valence-corrected chi connectivity index (χ4v) is 2.66. The van der Waals surface area contributed by atoms with Gasteiger partial charge in [0, 0.05) is 46.2 Å². The average Bonchev–Trinajstić information content (AvgIpc) is 2.60. The predicted molar refractivity (Wildman–Crippen MR) is 111 cm³/mol. The second-order valence-electron chi connectivity index (χ2n) is 6.17. The number of piperazine rings is 1. The van der Waals surface area contributed by atoms with E-state index < -0.39 is 6.36 Å². The molecule has 1 amide bonds. The highest BCUT2D eigenvalue weighted by atomic mass is 127. The summed E-state index contributed by atoms with van der Waals surface area (Å²) in [4.78, 5) is 19.5. The maximum absolute atomic E-state index is 12.1. The van der Waals surface area contributed by atoms with Gasteiger partial charge in [0.1, 0.15) is 5.75 Å². The number of nitrogens with two attached hydrogens (primary N) is 1. The Balaban J connectivity index is 0.00000392. The minimum Gasteiger partial charge on any atom is -0.406 e. The maximum atomic E-state index is 12.1. The van der Waals surface area contributed by atoms with E-state index in [9.17, 15) is 18.0 Å². The molecule has 1 fully saturated rings. The lowest BCUT2D eigenvalue weighted by Gasteiger charge is -2.34. The second-order valence-corrected chi connectivity index (χ2v) is 6.17. The van der Waals surface area contributed by atoms with Crippen LogP contribution in [0.2, 0.25) is 0 Å². The van der Waals surface area contributed by atoms with E-state index in [1.165, 1.54) is 24.3 Å². The highest BCUT2D eigenvalue weighted by molar-refractivity contribution is 14.0. The molecule has 1 heterocycles. The number of alkyl halides is 3. The number of aliphatic imine (C=N–C) groups is 1. The summed E-state index contributed by atoms with van der Waals surface area (Å²) in [7, 11) is 0. The van der Waals surface area contributed by atoms with E-state index in [2.05, 4.69) is 19.9 Å². The van der Waals surface area contributed by atoms with Gasteiger partial charge < -0.3 is 20.7 Å². The number of nitrogens with one attached hydrogen (secondary N) is 1. The number of benzene rings is 1. The molecule has 1 aliphatic heterocycles. The molecule has 0 bridgehead atoms. The number of carbonyl (C=O) groups is 1. The van der Waals surface area contributed by atoms with Crippen molar-refractivity contribution in [3.63, 3.8) is 0 Å². The number of amides is 1. The minimum absolute atomic E-state index is 0. The zero-order valence-electron chi connectivity index (χ0n) is 15.5. The summed E-state index contributed by atoms with van der Waals surface area (Å²) in [6.45, 7) is 6.34. The van der Waals surface area contributed by atoms with E-state index in [4.69, 9.17) is 5.73 Å². The summed E-state index contributed by atoms with van der Waals surface area (Å²) in [6, 6.07) is 5.49. The van der Waals surface area contributed by atoms with Crippen LogP contribution in [0.25, 0.3) is 0 Å². The van der Waals surface area contributed by atoms with Crippen molar-refractivity contribution in [1.82, 2.24) is 15.1 Å². The molecule has 3 N–H and O–H groups in total. The largest absolute Gasteiger partial charge is 0.573 e. The van der Waals surface area contributed by atoms with Gasteiger partial charge in [0.2, 0.25) is 5.91 Å². The van der Waals surface area contributed by atoms with Gasteiger partial charge in [-0.15, -0.1) is 37.1 Å². The molecule has 0 aliphatic carbocycles. The summed E-state index contributed by atoms with van der Waals surface area (Å²) in [5.41, 5.74) is 6.52. The summed E-state index contributed by atoms with van der Waals surface area (Å²) in [5.74, 6) is 0.0985. The molecule has 0 atom stereocenters. The van der Waals surface area contributed by atoms with Crippen molar-refractivity contribution in [1.29, 1.82) is 0 Å². The molecular formula is C17H25F3IN5O2. The van der Waals surface area contributed by atoms with Crippen molar-refractivity contribution in [2.45, 2.75) is 19.8 Å². The van der Waals surface area contributed by atoms with Crippen molar-refractivity contribution >= 4 is 35.8 Å². The molecule has 7 nitrogen and oxygen atoms in total. The molecule has 0 saturated carbocycles. The molecule has 0 radical (unpaired) electrons. The number of halogens is 4. The van der Waals surface area contributed by atoms with Crippen LogP contribution >= 0.6 is 24.0 Å². The third-order valence-electron chi connectivity index (χ3n) is 4.14. The number of ether oxygens (including phenoxy) is 1. The Bertz CT molecular complexity index is 647. The first-order chi connectivity index (χ1) is 12.7. The highest BCUT2D eigenvalue weighted by Gasteiger charge is 2.30. The molecule has 28 heavy (non-hydrogen) atoms. The van der Waals surface area contributed by atoms with Crippen molar-refractivity contribution in [3.8, 4) is 5.75 Å². The van der Waals surface area contributed by atoms with Crippen molar-refractivity contribution in [2.75, 3.05) is 39.3 Å². The van der Waals surface area contributed by atoms with Gasteiger partial charge in [-0.3, -0.25) is 9.69 Å². The topological polar surface area (TPSA) is 83.2 Å². The molecular weight excluding hydrogens is 490 g/mol. The lowest BCUT2D eigenvalue weighted by atomic mass is 10.2. The highest BCUT2D eigenvalue weighted by Crippen LogP contribution is 2.22. The molecule has 0 aromatic heterocycles. The molecule has 1 saturated heterocycles. The molecule has 2 rings (SSSR count). The molecule has 0 spiro atoms. The minimum atomic E-state index is -4.70. The Labute approximate surface area is 179 Å². The van der Waals surface area contributed by atoms with Crippen LogP contribution in [0.5, 0.6) is 5.75 Å². The van der Waals surface area contributed by atoms with E-state index in [1.807, 2.05) is 4.90 Å². The summed E-state index contributed by atoms with van der Waals surface area (Å²) in [6.07, 6.45) is -4.70. The zero-order valence-corrected chi connectivity index (χ0v) is 17.9. The van der Waals surface area contributed by atoms with Gasteiger partial charge in [0.05, 0.1) is 6.54 Å². The van der Waals surface area contributed by atoms with E-state index >= 15 is 0 Å². The fraction of sp³-hybridized carbons (Fsp3) is 0.529. The lowest BCUT2D eigenvalue weighted by Crippen LogP contribution is -2.50. The Morgan fingerprint density at radius 2 is 1.82 bits per heavy atom. The van der Waals surface area contributed by atoms with Gasteiger partial charge in [-0.2, -0.15) is 0 Å². The van der Waals surface area contributed by atoms with Gasteiger partial charge in [0.25, 0.3) is 0 Å². The summed E-state index contributed by atoms with van der Waals surface area (Å²) in [5, 5.41) is 3.01. The normalized spacial score (nSPS) is 15.7. The van der Waals surface area contributed by atoms with Crippen LogP contribution in [-0.2, 0) is 11.3 Å². The van der Waals surface area contributed by atoms with Gasteiger partial charge in [0.15, 0.2) is 5.96 Å². The van der Waals surface area contributed by atoms with Crippen LogP contribution in [0, 0.1) is 0 Å². The Kier molecular flexibility index (Phi) is 9.79. The number of guanidine groups is 1. The first-order valence-electron chi connectivity index (χ1n) is 8.59. The Morgan fingerprint density at radius 1 is 1.21 bits per heavy atom. The SMILES string of the molecule is CC(=O)N1CCN(CCNC(N)=NCc2ccc(OC(F)(F)F)cc2)CC1.I. The molecule has 11 heteroatoms. The maximum Gasteiger partial charge on any atom is 0.573 e. The molecule has 1 aromatic rings. The number of rotatable bonds is 6. The monoisotopic (exact) mass is 515 g/mol. The van der Waals surface area contributed by atoms with Crippen LogP contribution < -0.4 is 15.8 Å². The Morgan fingerprint density at radius 3 is 2.36 bits per heavy atom. The molecule has 1 aliphatic rings. The number of nitrogens with zero attached hydrogens (tertiary/aromatic N) is 3. The summed E-state index contributed by atoms with van der Waals surface area (Å²) < 4.78 is 40.2. The fourth-order valence-electron chi connectivity index (χ4n) is 2.66. The van der Waals surface area contributed by atoms with Crippen LogP contribution in [0.1, 0.15) is 12.5 Å². The smallest absolute Gasteiger partial charge is 0.406 e. The van der Waals surface area contributed by atoms with E-state index in [0.29, 0.717) is 6.54 Å². The third kappa shape index (κ3) is 8.95. The van der Waals surface area contributed by atoms with E-state index in [-0.39, 0.29) is 48.1 Å². The molecule has 158 valence electrons. The average molecular weight is 515 g/mol. The van der Waals surface area contributed by atoms with Gasteiger partial charge in [-0.1, -0.05) is 12.1 Å². The van der Waals surface area contributed by atoms with Crippen LogP contribution in [0.3, 0.4) is 0 Å². The standard InChI is InChI=1S/C17H24F3N5O2.HI/c1-13(26)25-10-8-24(9-11-25)7-6-22-16(21)23-12-14-2-4-15(5-3-14)27-17(18,19)20;/h2-5H,6-12H2,1H3,(H3,21,22,23);1H. The first kappa shape index (κ1) is 24.3. The first-order valence-corrected chi connectivity index (χ1v) is 8.59. The van der Waals surface area contributed by atoms with Crippen molar-refractivity contribution in [3.05, 3.63) is 29.8 Å². The number of hydrogen-bond acceptors (Lipinski definition) is 4. The Hall–Kier alpha value is -1.76. The molecule has 1 aromatic carbocycles. The van der Waals surface area contributed by atoms with Gasteiger partial charge in [-0.05, 0) is 17.7 Å². The van der Waals surface area contributed by atoms with Crippen LogP contribution in [0.4, 0.5) is 13.2 Å². The van der Waals surface area contributed by atoms with Crippen molar-refractivity contribution in [2.24, 2.45) is 10.7 Å². The van der Waals surface area contributed by atoms with E-state index in [1.54, 1.807) is 6.92 Å². The van der Waals surface area contributed by atoms with Crippen molar-refractivity contribution < 1.29 is 22.7 Å². The third-order valence-corrected chi connectivity index (χ3v) is 4.14. The van der Waals surface area contributed by atoms with Crippen LogP contribution in [-0.4, -0.2) is 67.3 Å². The quantitative estimate of drug-likeness (QED) is 0.343. The zero-order chi connectivity index (χ0) is 19.9. The number of hydrogen-bond donors (Lipinski definition) is 2. The molecule has 0 unspecified atom stereocenters. The van der Waals surface area contributed by atoms with Gasteiger partial charge in [-0.25, -0.2) is 4.99 Å². The second kappa shape index (κ2) is 11.3. The lowest BCUT2D eigenvalue weighted by molar-refractivity contribution is -0.274. The van der Waals surface area contributed by atoms with Gasteiger partial charge >= 0.3 is 6.36 Å². The van der Waals surface area contributed by atoms with Crippen LogP contribution in [0.15, 0.2) is 29.3 Å².